The molecule has 20 heavy (non-hydrogen) atoms. The third kappa shape index (κ3) is 5.52. The second-order valence-electron chi connectivity index (χ2n) is 5.27. The van der Waals surface area contributed by atoms with Gasteiger partial charge in [-0.15, -0.1) is 11.3 Å². The Balaban J connectivity index is 2.69. The SMILES string of the molecule is CCCCCNS(=O)(=O)c1cc(CNC(C)C)sc1C. The first-order chi connectivity index (χ1) is 9.36. The highest BCUT2D eigenvalue weighted by Gasteiger charge is 2.19. The van der Waals surface area contributed by atoms with E-state index in [1.54, 1.807) is 17.4 Å². The van der Waals surface area contributed by atoms with E-state index < -0.39 is 10.0 Å². The molecule has 0 saturated carbocycles. The predicted octanol–water partition coefficient (Wildman–Crippen LogP) is 3.02. The highest BCUT2D eigenvalue weighted by Crippen LogP contribution is 2.25. The molecule has 0 aliphatic rings. The van der Waals surface area contributed by atoms with E-state index in [-0.39, 0.29) is 0 Å². The van der Waals surface area contributed by atoms with Crippen molar-refractivity contribution in [3.63, 3.8) is 0 Å². The van der Waals surface area contributed by atoms with E-state index in [4.69, 9.17) is 0 Å². The molecule has 0 saturated heterocycles. The van der Waals surface area contributed by atoms with Gasteiger partial charge in [0.2, 0.25) is 10.0 Å². The van der Waals surface area contributed by atoms with Gasteiger partial charge in [-0.1, -0.05) is 33.6 Å². The van der Waals surface area contributed by atoms with E-state index >= 15 is 0 Å². The van der Waals surface area contributed by atoms with Crippen molar-refractivity contribution in [1.82, 2.24) is 10.0 Å². The fraction of sp³-hybridized carbons (Fsp3) is 0.714. The fourth-order valence-electron chi connectivity index (χ4n) is 1.84. The lowest BCUT2D eigenvalue weighted by Crippen LogP contribution is -2.25. The van der Waals surface area contributed by atoms with Gasteiger partial charge in [-0.2, -0.15) is 0 Å². The van der Waals surface area contributed by atoms with Gasteiger partial charge < -0.3 is 5.32 Å². The van der Waals surface area contributed by atoms with Crippen LogP contribution in [0.3, 0.4) is 0 Å². The first-order valence-corrected chi connectivity index (χ1v) is 9.49. The lowest BCUT2D eigenvalue weighted by atomic mass is 10.3. The third-order valence-electron chi connectivity index (χ3n) is 2.97. The van der Waals surface area contributed by atoms with E-state index in [1.165, 1.54) is 0 Å². The Hall–Kier alpha value is -0.430. The van der Waals surface area contributed by atoms with Crippen LogP contribution in [0.2, 0.25) is 0 Å². The fourth-order valence-corrected chi connectivity index (χ4v) is 4.50. The molecule has 1 rings (SSSR count). The van der Waals surface area contributed by atoms with Crippen molar-refractivity contribution in [2.75, 3.05) is 6.54 Å². The third-order valence-corrected chi connectivity index (χ3v) is 5.74. The van der Waals surface area contributed by atoms with Gasteiger partial charge in [0.05, 0.1) is 4.90 Å². The summed E-state index contributed by atoms with van der Waals surface area (Å²) in [6, 6.07) is 2.18. The molecule has 0 aliphatic carbocycles. The lowest BCUT2D eigenvalue weighted by Gasteiger charge is -2.06. The number of aryl methyl sites for hydroxylation is 1. The maximum Gasteiger partial charge on any atom is 0.241 e. The molecule has 0 aromatic carbocycles. The van der Waals surface area contributed by atoms with Crippen molar-refractivity contribution in [3.05, 3.63) is 15.8 Å². The monoisotopic (exact) mass is 318 g/mol. The van der Waals surface area contributed by atoms with Crippen molar-refractivity contribution >= 4 is 21.4 Å². The second kappa shape index (κ2) is 8.12. The molecule has 116 valence electrons. The van der Waals surface area contributed by atoms with Gasteiger partial charge in [0.1, 0.15) is 0 Å². The molecule has 0 unspecified atom stereocenters. The van der Waals surface area contributed by atoms with Gasteiger partial charge >= 0.3 is 0 Å². The Kier molecular flexibility index (Phi) is 7.15. The first-order valence-electron chi connectivity index (χ1n) is 7.19. The lowest BCUT2D eigenvalue weighted by molar-refractivity contribution is 0.575. The molecule has 0 aliphatic heterocycles. The number of hydrogen-bond donors (Lipinski definition) is 2. The van der Waals surface area contributed by atoms with E-state index in [0.29, 0.717) is 24.0 Å². The highest BCUT2D eigenvalue weighted by atomic mass is 32.2. The molecule has 0 spiro atoms. The smallest absolute Gasteiger partial charge is 0.241 e. The van der Waals surface area contributed by atoms with Crippen LogP contribution in [0.4, 0.5) is 0 Å². The number of thiophene rings is 1. The van der Waals surface area contributed by atoms with Gasteiger partial charge in [0.15, 0.2) is 0 Å². The summed E-state index contributed by atoms with van der Waals surface area (Å²) in [5.74, 6) is 0. The van der Waals surface area contributed by atoms with E-state index in [9.17, 15) is 8.42 Å². The van der Waals surface area contributed by atoms with E-state index in [0.717, 1.165) is 29.0 Å². The molecule has 0 fully saturated rings. The van der Waals surface area contributed by atoms with Gasteiger partial charge in [0.25, 0.3) is 0 Å². The van der Waals surface area contributed by atoms with Crippen LogP contribution in [-0.2, 0) is 16.6 Å². The molecular weight excluding hydrogens is 292 g/mol. The molecule has 2 N–H and O–H groups in total. The van der Waals surface area contributed by atoms with Crippen molar-refractivity contribution in [2.24, 2.45) is 0 Å². The van der Waals surface area contributed by atoms with Crippen molar-refractivity contribution in [3.8, 4) is 0 Å². The molecule has 0 amide bonds. The normalized spacial score (nSPS) is 12.2. The Morgan fingerprint density at radius 1 is 1.30 bits per heavy atom. The zero-order valence-electron chi connectivity index (χ0n) is 12.8. The summed E-state index contributed by atoms with van der Waals surface area (Å²) in [6.45, 7) is 9.36. The van der Waals surface area contributed by atoms with E-state index in [1.807, 2.05) is 6.92 Å². The summed E-state index contributed by atoms with van der Waals surface area (Å²) in [5, 5.41) is 3.31. The average molecular weight is 319 g/mol. The maximum atomic E-state index is 12.2. The number of rotatable bonds is 9. The van der Waals surface area contributed by atoms with Crippen LogP contribution < -0.4 is 10.0 Å². The zero-order valence-corrected chi connectivity index (χ0v) is 14.5. The summed E-state index contributed by atoms with van der Waals surface area (Å²) in [6.07, 6.45) is 3.03. The van der Waals surface area contributed by atoms with Gasteiger partial charge in [-0.25, -0.2) is 13.1 Å². The van der Waals surface area contributed by atoms with Gasteiger partial charge in [-0.05, 0) is 19.4 Å². The predicted molar refractivity (Wildman–Crippen MR) is 85.7 cm³/mol. The minimum Gasteiger partial charge on any atom is -0.310 e. The zero-order chi connectivity index (χ0) is 15.2. The molecule has 1 aromatic rings. The minimum atomic E-state index is -3.36. The Morgan fingerprint density at radius 2 is 2.00 bits per heavy atom. The summed E-state index contributed by atoms with van der Waals surface area (Å²) >= 11 is 1.55. The average Bonchev–Trinajstić information content (AvgIpc) is 2.74. The van der Waals surface area contributed by atoms with Crippen LogP contribution in [0.15, 0.2) is 11.0 Å². The summed E-state index contributed by atoms with van der Waals surface area (Å²) < 4.78 is 27.2. The van der Waals surface area contributed by atoms with Crippen LogP contribution in [0.1, 0.15) is 49.8 Å². The largest absolute Gasteiger partial charge is 0.310 e. The molecule has 0 atom stereocenters. The van der Waals surface area contributed by atoms with Gasteiger partial charge in [0, 0.05) is 28.9 Å². The number of nitrogens with one attached hydrogen (secondary N) is 2. The molecular formula is C14H26N2O2S2. The summed E-state index contributed by atoms with van der Waals surface area (Å²) in [7, 11) is -3.36. The number of unbranched alkanes of at least 4 members (excludes halogenated alkanes) is 2. The quantitative estimate of drug-likeness (QED) is 0.688. The van der Waals surface area contributed by atoms with E-state index in [2.05, 4.69) is 30.8 Å². The first kappa shape index (κ1) is 17.6. The van der Waals surface area contributed by atoms with Crippen LogP contribution in [0.5, 0.6) is 0 Å². The second-order valence-corrected chi connectivity index (χ2v) is 8.35. The summed E-state index contributed by atoms with van der Waals surface area (Å²) in [5.41, 5.74) is 0. The molecule has 1 aromatic heterocycles. The topological polar surface area (TPSA) is 58.2 Å². The van der Waals surface area contributed by atoms with Gasteiger partial charge in [-0.3, -0.25) is 0 Å². The molecule has 1 heterocycles. The molecule has 0 bridgehead atoms. The summed E-state index contributed by atoms with van der Waals surface area (Å²) in [4.78, 5) is 2.35. The molecule has 0 radical (unpaired) electrons. The number of hydrogen-bond acceptors (Lipinski definition) is 4. The van der Waals surface area contributed by atoms with Crippen LogP contribution in [-0.4, -0.2) is 21.0 Å². The van der Waals surface area contributed by atoms with Crippen molar-refractivity contribution < 1.29 is 8.42 Å². The number of sulfonamides is 1. The minimum absolute atomic E-state index is 0.393. The maximum absolute atomic E-state index is 12.2. The van der Waals surface area contributed by atoms with Crippen LogP contribution in [0.25, 0.3) is 0 Å². The Labute approximate surface area is 127 Å². The molecule has 4 nitrogen and oxygen atoms in total. The standard InChI is InChI=1S/C14H26N2O2S2/c1-5-6-7-8-16-20(17,18)14-9-13(19-12(14)4)10-15-11(2)3/h9,11,15-16H,5-8,10H2,1-4H3. The Morgan fingerprint density at radius 3 is 2.60 bits per heavy atom. The highest BCUT2D eigenvalue weighted by molar-refractivity contribution is 7.89. The van der Waals surface area contributed by atoms with Crippen molar-refractivity contribution in [1.29, 1.82) is 0 Å². The molecule has 6 heteroatoms. The Bertz CT molecular complexity index is 507. The van der Waals surface area contributed by atoms with Crippen molar-refractivity contribution in [2.45, 2.75) is 64.4 Å². The van der Waals surface area contributed by atoms with Crippen LogP contribution in [0, 0.1) is 6.92 Å². The van der Waals surface area contributed by atoms with Crippen LogP contribution >= 0.6 is 11.3 Å².